The fraction of sp³-hybridized carbons (Fsp3) is 0.417. The van der Waals surface area contributed by atoms with Gasteiger partial charge in [0, 0.05) is 0 Å². The van der Waals surface area contributed by atoms with Crippen molar-refractivity contribution in [3.8, 4) is 5.75 Å². The van der Waals surface area contributed by atoms with Gasteiger partial charge in [0.25, 0.3) is 0 Å². The summed E-state index contributed by atoms with van der Waals surface area (Å²) in [5.41, 5.74) is 0. The number of Topliss-reactive ketones (excluding diaryl/α,β-unsaturated/α-hetero) is 1. The van der Waals surface area contributed by atoms with Crippen LogP contribution in [0.2, 0.25) is 0 Å². The Labute approximate surface area is 84.9 Å². The van der Waals surface area contributed by atoms with Crippen LogP contribution in [-0.4, -0.2) is 11.9 Å². The molecule has 1 rings (SSSR count). The predicted octanol–water partition coefficient (Wildman–Crippen LogP) is 2.68. The minimum atomic E-state index is -0.336. The zero-order valence-electron chi connectivity index (χ0n) is 8.86. The molecule has 0 saturated heterocycles. The van der Waals surface area contributed by atoms with Crippen molar-refractivity contribution < 1.29 is 9.53 Å². The van der Waals surface area contributed by atoms with Crippen molar-refractivity contribution in [2.24, 2.45) is 5.92 Å². The minimum absolute atomic E-state index is 0.0730. The van der Waals surface area contributed by atoms with Gasteiger partial charge in [0.05, 0.1) is 0 Å². The number of ether oxygens (including phenoxy) is 1. The molecule has 76 valence electrons. The summed E-state index contributed by atoms with van der Waals surface area (Å²) in [5, 5.41) is 0. The van der Waals surface area contributed by atoms with E-state index in [0.29, 0.717) is 0 Å². The van der Waals surface area contributed by atoms with E-state index in [1.54, 1.807) is 6.92 Å². The lowest BCUT2D eigenvalue weighted by Crippen LogP contribution is -2.30. The fourth-order valence-electron chi connectivity index (χ4n) is 1.33. The molecular formula is C12H16O2. The first kappa shape index (κ1) is 10.8. The number of carbonyl (C=O) groups is 1. The quantitative estimate of drug-likeness (QED) is 0.733. The second-order valence-corrected chi connectivity index (χ2v) is 3.71. The monoisotopic (exact) mass is 192 g/mol. The zero-order chi connectivity index (χ0) is 10.6. The van der Waals surface area contributed by atoms with Crippen LogP contribution in [0.15, 0.2) is 30.3 Å². The second-order valence-electron chi connectivity index (χ2n) is 3.71. The largest absolute Gasteiger partial charge is 0.482 e. The molecule has 0 radical (unpaired) electrons. The Morgan fingerprint density at radius 1 is 1.21 bits per heavy atom. The van der Waals surface area contributed by atoms with E-state index in [4.69, 9.17) is 4.74 Å². The van der Waals surface area contributed by atoms with Gasteiger partial charge in [0.2, 0.25) is 0 Å². The summed E-state index contributed by atoms with van der Waals surface area (Å²) >= 11 is 0. The van der Waals surface area contributed by atoms with Crippen LogP contribution >= 0.6 is 0 Å². The van der Waals surface area contributed by atoms with Crippen LogP contribution in [0.3, 0.4) is 0 Å². The molecule has 0 fully saturated rings. The van der Waals surface area contributed by atoms with Gasteiger partial charge in [-0.15, -0.1) is 0 Å². The van der Waals surface area contributed by atoms with Crippen molar-refractivity contribution in [2.45, 2.75) is 26.9 Å². The first-order chi connectivity index (χ1) is 6.61. The molecule has 1 aromatic carbocycles. The zero-order valence-corrected chi connectivity index (χ0v) is 8.86. The second kappa shape index (κ2) is 4.80. The van der Waals surface area contributed by atoms with Gasteiger partial charge >= 0.3 is 0 Å². The minimum Gasteiger partial charge on any atom is -0.482 e. The SMILES string of the molecule is CC(=O)C(Oc1ccccc1)C(C)C. The van der Waals surface area contributed by atoms with Crippen molar-refractivity contribution in [3.05, 3.63) is 30.3 Å². The average Bonchev–Trinajstić information content (AvgIpc) is 2.15. The smallest absolute Gasteiger partial charge is 0.170 e. The number of carbonyl (C=O) groups excluding carboxylic acids is 1. The summed E-state index contributed by atoms with van der Waals surface area (Å²) in [7, 11) is 0. The van der Waals surface area contributed by atoms with Gasteiger partial charge in [-0.2, -0.15) is 0 Å². The van der Waals surface area contributed by atoms with Crippen molar-refractivity contribution >= 4 is 5.78 Å². The Balaban J connectivity index is 2.70. The third kappa shape index (κ3) is 2.87. The van der Waals surface area contributed by atoms with Gasteiger partial charge < -0.3 is 4.74 Å². The van der Waals surface area contributed by atoms with E-state index in [9.17, 15) is 4.79 Å². The van der Waals surface area contributed by atoms with E-state index in [2.05, 4.69) is 0 Å². The van der Waals surface area contributed by atoms with Gasteiger partial charge in [-0.3, -0.25) is 4.79 Å². The lowest BCUT2D eigenvalue weighted by Gasteiger charge is -2.19. The fourth-order valence-corrected chi connectivity index (χ4v) is 1.33. The van der Waals surface area contributed by atoms with Crippen LogP contribution in [0.1, 0.15) is 20.8 Å². The summed E-state index contributed by atoms with van der Waals surface area (Å²) in [4.78, 5) is 11.3. The maximum absolute atomic E-state index is 11.3. The first-order valence-electron chi connectivity index (χ1n) is 4.83. The van der Waals surface area contributed by atoms with Crippen LogP contribution in [-0.2, 0) is 4.79 Å². The normalized spacial score (nSPS) is 12.6. The Morgan fingerprint density at radius 2 is 1.79 bits per heavy atom. The van der Waals surface area contributed by atoms with Crippen LogP contribution in [0.4, 0.5) is 0 Å². The highest BCUT2D eigenvalue weighted by atomic mass is 16.5. The molecule has 0 N–H and O–H groups in total. The van der Waals surface area contributed by atoms with Crippen molar-refractivity contribution in [1.82, 2.24) is 0 Å². The van der Waals surface area contributed by atoms with Gasteiger partial charge in [-0.1, -0.05) is 32.0 Å². The number of ketones is 1. The number of hydrogen-bond donors (Lipinski definition) is 0. The maximum atomic E-state index is 11.3. The molecule has 14 heavy (non-hydrogen) atoms. The number of para-hydroxylation sites is 1. The molecule has 0 aliphatic heterocycles. The van der Waals surface area contributed by atoms with E-state index in [1.165, 1.54) is 0 Å². The molecule has 0 aliphatic carbocycles. The molecule has 1 atom stereocenters. The third-order valence-electron chi connectivity index (χ3n) is 2.01. The highest BCUT2D eigenvalue weighted by Gasteiger charge is 2.19. The van der Waals surface area contributed by atoms with Crippen molar-refractivity contribution in [2.75, 3.05) is 0 Å². The Kier molecular flexibility index (Phi) is 3.69. The molecule has 0 bridgehead atoms. The topological polar surface area (TPSA) is 26.3 Å². The molecule has 0 saturated carbocycles. The van der Waals surface area contributed by atoms with E-state index in [0.717, 1.165) is 5.75 Å². The molecular weight excluding hydrogens is 176 g/mol. The lowest BCUT2D eigenvalue weighted by molar-refractivity contribution is -0.125. The van der Waals surface area contributed by atoms with Crippen LogP contribution in [0.5, 0.6) is 5.75 Å². The van der Waals surface area contributed by atoms with E-state index in [1.807, 2.05) is 44.2 Å². The molecule has 0 amide bonds. The van der Waals surface area contributed by atoms with Gasteiger partial charge in [0.1, 0.15) is 5.75 Å². The van der Waals surface area contributed by atoms with Crippen LogP contribution in [0.25, 0.3) is 0 Å². The molecule has 0 aromatic heterocycles. The predicted molar refractivity (Wildman–Crippen MR) is 56.4 cm³/mol. The summed E-state index contributed by atoms with van der Waals surface area (Å²) in [6, 6.07) is 9.43. The number of benzene rings is 1. The number of rotatable bonds is 4. The van der Waals surface area contributed by atoms with E-state index in [-0.39, 0.29) is 17.8 Å². The standard InChI is InChI=1S/C12H16O2/c1-9(2)12(10(3)13)14-11-7-5-4-6-8-11/h4-9,12H,1-3H3. The number of hydrogen-bond acceptors (Lipinski definition) is 2. The molecule has 2 nitrogen and oxygen atoms in total. The lowest BCUT2D eigenvalue weighted by atomic mass is 10.0. The van der Waals surface area contributed by atoms with Gasteiger partial charge in [0.15, 0.2) is 11.9 Å². The first-order valence-corrected chi connectivity index (χ1v) is 4.83. The van der Waals surface area contributed by atoms with Gasteiger partial charge in [-0.25, -0.2) is 0 Å². The highest BCUT2D eigenvalue weighted by molar-refractivity contribution is 5.81. The summed E-state index contributed by atoms with van der Waals surface area (Å²) in [6.45, 7) is 5.53. The maximum Gasteiger partial charge on any atom is 0.170 e. The Bertz CT molecular complexity index is 290. The average molecular weight is 192 g/mol. The summed E-state index contributed by atoms with van der Waals surface area (Å²) < 4.78 is 5.59. The van der Waals surface area contributed by atoms with Crippen LogP contribution in [0, 0.1) is 5.92 Å². The molecule has 1 aromatic rings. The molecule has 1 unspecified atom stereocenters. The highest BCUT2D eigenvalue weighted by Crippen LogP contribution is 2.15. The summed E-state index contributed by atoms with van der Waals surface area (Å²) in [6.07, 6.45) is -0.336. The van der Waals surface area contributed by atoms with E-state index >= 15 is 0 Å². The van der Waals surface area contributed by atoms with E-state index < -0.39 is 0 Å². The molecule has 0 heterocycles. The summed E-state index contributed by atoms with van der Waals surface area (Å²) in [5.74, 6) is 1.03. The molecule has 0 aliphatic rings. The van der Waals surface area contributed by atoms with Gasteiger partial charge in [-0.05, 0) is 25.0 Å². The molecule has 0 spiro atoms. The Hall–Kier alpha value is -1.31. The van der Waals surface area contributed by atoms with Crippen molar-refractivity contribution in [3.63, 3.8) is 0 Å². The Morgan fingerprint density at radius 3 is 2.21 bits per heavy atom. The van der Waals surface area contributed by atoms with Crippen LogP contribution < -0.4 is 4.74 Å². The third-order valence-corrected chi connectivity index (χ3v) is 2.01. The van der Waals surface area contributed by atoms with Crippen molar-refractivity contribution in [1.29, 1.82) is 0 Å². The molecule has 2 heteroatoms.